The summed E-state index contributed by atoms with van der Waals surface area (Å²) in [6.07, 6.45) is 1.89. The number of anilines is 2. The van der Waals surface area contributed by atoms with Gasteiger partial charge in [0.1, 0.15) is 0 Å². The van der Waals surface area contributed by atoms with Crippen molar-refractivity contribution in [2.75, 3.05) is 5.32 Å². The van der Waals surface area contributed by atoms with Gasteiger partial charge in [0.05, 0.1) is 17.1 Å². The second kappa shape index (κ2) is 14.8. The van der Waals surface area contributed by atoms with Crippen molar-refractivity contribution in [1.29, 1.82) is 0 Å². The Bertz CT molecular complexity index is 2440. The van der Waals surface area contributed by atoms with Crippen LogP contribution in [-0.2, 0) is 16.2 Å². The van der Waals surface area contributed by atoms with E-state index in [1.807, 2.05) is 12.3 Å². The number of hydrogen-bond acceptors (Lipinski definition) is 3. The second-order valence-corrected chi connectivity index (χ2v) is 17.8. The Morgan fingerprint density at radius 3 is 1.45 bits per heavy atom. The summed E-state index contributed by atoms with van der Waals surface area (Å²) in [5.41, 5.74) is 16.3. The fourth-order valence-corrected chi connectivity index (χ4v) is 6.97. The average Bonchev–Trinajstić information content (AvgIpc) is 3.17. The molecule has 0 saturated heterocycles. The van der Waals surface area contributed by atoms with E-state index in [1.54, 1.807) is 0 Å². The maximum Gasteiger partial charge on any atom is 0.0900 e. The zero-order chi connectivity index (χ0) is 39.0. The average molecular weight is 720 g/mol. The molecule has 0 bridgehead atoms. The Morgan fingerprint density at radius 2 is 0.855 bits per heavy atom. The number of nitrogens with zero attached hydrogens (tertiary/aromatic N) is 2. The first-order chi connectivity index (χ1) is 26.1. The van der Waals surface area contributed by atoms with Gasteiger partial charge in [-0.3, -0.25) is 4.98 Å². The van der Waals surface area contributed by atoms with Crippen molar-refractivity contribution in [1.82, 2.24) is 9.97 Å². The summed E-state index contributed by atoms with van der Waals surface area (Å²) in [5.74, 6) is 0. The largest absolute Gasteiger partial charge is 0.354 e. The molecular weight excluding hydrogens is 667 g/mol. The molecular formula is C52H53N3. The monoisotopic (exact) mass is 719 g/mol. The van der Waals surface area contributed by atoms with Crippen LogP contribution in [0.3, 0.4) is 0 Å². The minimum atomic E-state index is -0.0639. The van der Waals surface area contributed by atoms with Gasteiger partial charge in [-0.1, -0.05) is 159 Å². The van der Waals surface area contributed by atoms with Crippen LogP contribution in [0.5, 0.6) is 0 Å². The Hall–Kier alpha value is -5.80. The van der Waals surface area contributed by atoms with E-state index < -0.39 is 0 Å². The van der Waals surface area contributed by atoms with E-state index in [9.17, 15) is 0 Å². The minimum Gasteiger partial charge on any atom is -0.354 e. The Kier molecular flexibility index (Phi) is 10.1. The van der Waals surface area contributed by atoms with Gasteiger partial charge in [0.25, 0.3) is 0 Å². The molecule has 0 spiro atoms. The fourth-order valence-electron chi connectivity index (χ4n) is 6.97. The summed E-state index contributed by atoms with van der Waals surface area (Å²) in [4.78, 5) is 10.3. The van der Waals surface area contributed by atoms with E-state index in [0.29, 0.717) is 0 Å². The van der Waals surface area contributed by atoms with E-state index in [0.717, 1.165) is 56.3 Å². The summed E-state index contributed by atoms with van der Waals surface area (Å²) in [6.45, 7) is 20.5. The van der Waals surface area contributed by atoms with Gasteiger partial charge in [-0.25, -0.2) is 4.98 Å². The first-order valence-corrected chi connectivity index (χ1v) is 19.4. The zero-order valence-electron chi connectivity index (χ0n) is 33.8. The highest BCUT2D eigenvalue weighted by molar-refractivity contribution is 5.88. The number of pyridine rings is 2. The van der Waals surface area contributed by atoms with Crippen LogP contribution < -0.4 is 5.32 Å². The normalized spacial score (nSPS) is 12.1. The van der Waals surface area contributed by atoms with Gasteiger partial charge in [-0.15, -0.1) is 0 Å². The molecule has 0 aliphatic rings. The molecule has 0 aliphatic heterocycles. The lowest BCUT2D eigenvalue weighted by molar-refractivity contribution is 0.589. The van der Waals surface area contributed by atoms with E-state index in [2.05, 4.69) is 207 Å². The number of benzene rings is 5. The summed E-state index contributed by atoms with van der Waals surface area (Å²) in [7, 11) is 0. The third kappa shape index (κ3) is 8.47. The lowest BCUT2D eigenvalue weighted by Crippen LogP contribution is -2.13. The predicted molar refractivity (Wildman–Crippen MR) is 235 cm³/mol. The molecule has 2 aromatic heterocycles. The first-order valence-electron chi connectivity index (χ1n) is 19.4. The maximum atomic E-state index is 5.42. The van der Waals surface area contributed by atoms with Gasteiger partial charge in [0.15, 0.2) is 0 Å². The van der Waals surface area contributed by atoms with E-state index in [4.69, 9.17) is 9.97 Å². The van der Waals surface area contributed by atoms with Crippen molar-refractivity contribution in [3.63, 3.8) is 0 Å². The molecule has 2 heterocycles. The van der Waals surface area contributed by atoms with Crippen LogP contribution in [0, 0.1) is 0 Å². The molecule has 7 rings (SSSR count). The fraction of sp³-hybridized carbons (Fsp3) is 0.231. The smallest absolute Gasteiger partial charge is 0.0900 e. The highest BCUT2D eigenvalue weighted by atomic mass is 14.9. The van der Waals surface area contributed by atoms with Crippen LogP contribution in [0.25, 0.3) is 56.0 Å². The molecule has 0 aliphatic carbocycles. The van der Waals surface area contributed by atoms with Gasteiger partial charge >= 0.3 is 0 Å². The number of hydrogen-bond donors (Lipinski definition) is 1. The molecule has 3 heteroatoms. The number of rotatable bonds is 7. The molecule has 0 amide bonds. The Labute approximate surface area is 328 Å². The van der Waals surface area contributed by atoms with Gasteiger partial charge in [0, 0.05) is 28.7 Å². The number of aromatic nitrogens is 2. The van der Waals surface area contributed by atoms with Crippen molar-refractivity contribution < 1.29 is 0 Å². The van der Waals surface area contributed by atoms with E-state index in [1.165, 1.54) is 27.8 Å². The SMILES string of the molecule is CC(C)(C)c1cccc(-c2cc(C(C)(C)C)ccc2Nc2ccc(C(C)(C)C)cc2-c2cc(-c3ccccc3)cc(-c3cc(-c4ccccc4)ccn3)n2)c1. The molecule has 276 valence electrons. The van der Waals surface area contributed by atoms with Crippen molar-refractivity contribution >= 4 is 11.4 Å². The molecule has 1 N–H and O–H groups in total. The van der Waals surface area contributed by atoms with Crippen molar-refractivity contribution in [3.8, 4) is 56.0 Å². The van der Waals surface area contributed by atoms with Gasteiger partial charge in [0.2, 0.25) is 0 Å². The van der Waals surface area contributed by atoms with E-state index >= 15 is 0 Å². The summed E-state index contributed by atoms with van der Waals surface area (Å²) < 4.78 is 0. The van der Waals surface area contributed by atoms with Crippen molar-refractivity contribution in [3.05, 3.63) is 168 Å². The van der Waals surface area contributed by atoms with Gasteiger partial charge in [-0.05, 0) is 109 Å². The summed E-state index contributed by atoms with van der Waals surface area (Å²) in [6, 6.07) is 52.3. The van der Waals surface area contributed by atoms with Crippen LogP contribution in [0.1, 0.15) is 79.0 Å². The molecule has 0 atom stereocenters. The molecule has 3 nitrogen and oxygen atoms in total. The highest BCUT2D eigenvalue weighted by Gasteiger charge is 2.22. The molecule has 55 heavy (non-hydrogen) atoms. The Balaban J connectivity index is 1.43. The highest BCUT2D eigenvalue weighted by Crippen LogP contribution is 2.41. The third-order valence-corrected chi connectivity index (χ3v) is 10.4. The number of nitrogens with one attached hydrogen (secondary N) is 1. The molecule has 7 aromatic rings. The van der Waals surface area contributed by atoms with Crippen LogP contribution in [0.4, 0.5) is 11.4 Å². The standard InChI is InChI=1S/C52H53N3/c1-50(2,3)40-22-16-21-38(29-40)43-33-41(51(4,5)6)23-25-45(43)54-46-26-24-42(52(7,8)9)34-44(46)47-31-39(36-19-14-11-15-20-36)32-49(55-47)48-30-37(27-28-53-48)35-17-12-10-13-18-35/h10-34,54H,1-9H3. The predicted octanol–water partition coefficient (Wildman–Crippen LogP) is 14.4. The zero-order valence-corrected chi connectivity index (χ0v) is 33.8. The lowest BCUT2D eigenvalue weighted by atomic mass is 9.83. The van der Waals surface area contributed by atoms with Crippen LogP contribution in [0.15, 0.2) is 152 Å². The van der Waals surface area contributed by atoms with E-state index in [-0.39, 0.29) is 16.2 Å². The second-order valence-electron chi connectivity index (χ2n) is 17.8. The molecule has 0 fully saturated rings. The van der Waals surface area contributed by atoms with Crippen LogP contribution >= 0.6 is 0 Å². The third-order valence-electron chi connectivity index (χ3n) is 10.4. The molecule has 5 aromatic carbocycles. The topological polar surface area (TPSA) is 37.8 Å². The van der Waals surface area contributed by atoms with Gasteiger partial charge in [-0.2, -0.15) is 0 Å². The van der Waals surface area contributed by atoms with Crippen LogP contribution in [-0.4, -0.2) is 9.97 Å². The molecule has 0 saturated carbocycles. The summed E-state index contributed by atoms with van der Waals surface area (Å²) in [5, 5.41) is 3.95. The maximum absolute atomic E-state index is 5.42. The van der Waals surface area contributed by atoms with Crippen LogP contribution in [0.2, 0.25) is 0 Å². The Morgan fingerprint density at radius 1 is 0.364 bits per heavy atom. The molecule has 0 unspecified atom stereocenters. The first kappa shape index (κ1) is 37.5. The van der Waals surface area contributed by atoms with Crippen molar-refractivity contribution in [2.45, 2.75) is 78.6 Å². The van der Waals surface area contributed by atoms with Crippen molar-refractivity contribution in [2.24, 2.45) is 0 Å². The quantitative estimate of drug-likeness (QED) is 0.178. The lowest BCUT2D eigenvalue weighted by Gasteiger charge is -2.25. The summed E-state index contributed by atoms with van der Waals surface area (Å²) >= 11 is 0. The molecule has 0 radical (unpaired) electrons. The minimum absolute atomic E-state index is 0.00150. The van der Waals surface area contributed by atoms with Gasteiger partial charge < -0.3 is 5.32 Å².